The summed E-state index contributed by atoms with van der Waals surface area (Å²) in [6.07, 6.45) is 1.94. The van der Waals surface area contributed by atoms with Gasteiger partial charge in [0.05, 0.1) is 30.0 Å². The van der Waals surface area contributed by atoms with Crippen LogP contribution in [0.1, 0.15) is 47.2 Å². The fourth-order valence-corrected chi connectivity index (χ4v) is 3.43. The van der Waals surface area contributed by atoms with Gasteiger partial charge in [-0.1, -0.05) is 12.1 Å². The molecule has 142 valence electrons. The summed E-state index contributed by atoms with van der Waals surface area (Å²) in [7, 11) is 0. The summed E-state index contributed by atoms with van der Waals surface area (Å²) in [5.74, 6) is -1.37. The lowest BCUT2D eigenvalue weighted by Gasteiger charge is -2.39. The molecular formula is C21H23FN2O3. The SMILES string of the molecule is CC1(Nc2cccc(CNc3c(F)cc(C(=O)O)cc3C3CC3)c2)COC1. The number of carbonyl (C=O) groups is 1. The lowest BCUT2D eigenvalue weighted by atomic mass is 10.00. The summed E-state index contributed by atoms with van der Waals surface area (Å²) in [5.41, 5.74) is 3.17. The Labute approximate surface area is 157 Å². The summed E-state index contributed by atoms with van der Waals surface area (Å²) in [5, 5.41) is 15.8. The first-order valence-corrected chi connectivity index (χ1v) is 9.19. The van der Waals surface area contributed by atoms with Crippen molar-refractivity contribution in [3.63, 3.8) is 0 Å². The maximum Gasteiger partial charge on any atom is 0.335 e. The lowest BCUT2D eigenvalue weighted by molar-refractivity contribution is -0.0318. The summed E-state index contributed by atoms with van der Waals surface area (Å²) < 4.78 is 19.8. The molecule has 1 saturated carbocycles. The highest BCUT2D eigenvalue weighted by atomic mass is 19.1. The van der Waals surface area contributed by atoms with Gasteiger partial charge in [0.2, 0.25) is 0 Å². The van der Waals surface area contributed by atoms with Gasteiger partial charge in [0.15, 0.2) is 0 Å². The van der Waals surface area contributed by atoms with Crippen LogP contribution < -0.4 is 10.6 Å². The third-order valence-electron chi connectivity index (χ3n) is 5.07. The van der Waals surface area contributed by atoms with E-state index in [9.17, 15) is 14.3 Å². The topological polar surface area (TPSA) is 70.6 Å². The predicted molar refractivity (Wildman–Crippen MR) is 102 cm³/mol. The van der Waals surface area contributed by atoms with Crippen molar-refractivity contribution in [1.29, 1.82) is 0 Å². The van der Waals surface area contributed by atoms with Gasteiger partial charge in [0.1, 0.15) is 5.82 Å². The van der Waals surface area contributed by atoms with Crippen molar-refractivity contribution >= 4 is 17.3 Å². The molecule has 2 aliphatic rings. The number of carboxylic acids is 1. The molecule has 0 radical (unpaired) electrons. The number of hydrogen-bond acceptors (Lipinski definition) is 4. The summed E-state index contributed by atoms with van der Waals surface area (Å²) >= 11 is 0. The standard InChI is InChI=1S/C21H23FN2O3/c1-21(11-27-12-21)24-16-4-2-3-13(7-16)10-23-19-17(14-5-6-14)8-15(20(25)26)9-18(19)22/h2-4,7-9,14,23-24H,5-6,10-12H2,1H3,(H,25,26). The molecule has 5 nitrogen and oxygen atoms in total. The quantitative estimate of drug-likeness (QED) is 0.681. The Morgan fingerprint density at radius 1 is 1.30 bits per heavy atom. The smallest absolute Gasteiger partial charge is 0.335 e. The van der Waals surface area contributed by atoms with Crippen molar-refractivity contribution in [2.45, 2.75) is 37.8 Å². The van der Waals surface area contributed by atoms with Gasteiger partial charge < -0.3 is 20.5 Å². The van der Waals surface area contributed by atoms with Crippen molar-refractivity contribution in [2.24, 2.45) is 0 Å². The molecule has 0 aromatic heterocycles. The number of anilines is 2. The van der Waals surface area contributed by atoms with E-state index in [0.717, 1.165) is 35.7 Å². The number of halogens is 1. The van der Waals surface area contributed by atoms with Crippen LogP contribution in [0.2, 0.25) is 0 Å². The van der Waals surface area contributed by atoms with Gasteiger partial charge in [-0.05, 0) is 61.1 Å². The maximum atomic E-state index is 14.6. The molecule has 2 aromatic carbocycles. The van der Waals surface area contributed by atoms with Crippen LogP contribution in [0.15, 0.2) is 36.4 Å². The van der Waals surface area contributed by atoms with Gasteiger partial charge in [-0.2, -0.15) is 0 Å². The zero-order chi connectivity index (χ0) is 19.0. The Balaban J connectivity index is 1.51. The molecule has 0 unspecified atom stereocenters. The molecule has 1 aliphatic heterocycles. The van der Waals surface area contributed by atoms with Crippen molar-refractivity contribution < 1.29 is 19.0 Å². The van der Waals surface area contributed by atoms with Crippen molar-refractivity contribution in [3.05, 3.63) is 58.9 Å². The number of hydrogen-bond donors (Lipinski definition) is 3. The molecule has 2 aromatic rings. The number of nitrogens with one attached hydrogen (secondary N) is 2. The molecule has 1 aliphatic carbocycles. The van der Waals surface area contributed by atoms with Crippen LogP contribution >= 0.6 is 0 Å². The maximum absolute atomic E-state index is 14.6. The molecule has 3 N–H and O–H groups in total. The van der Waals surface area contributed by atoms with E-state index >= 15 is 0 Å². The second-order valence-electron chi connectivity index (χ2n) is 7.73. The molecule has 0 bridgehead atoms. The number of ether oxygens (including phenoxy) is 1. The monoisotopic (exact) mass is 370 g/mol. The highest BCUT2D eigenvalue weighted by molar-refractivity contribution is 5.88. The third kappa shape index (κ3) is 3.90. The number of aromatic carboxylic acids is 1. The highest BCUT2D eigenvalue weighted by Crippen LogP contribution is 2.44. The Morgan fingerprint density at radius 2 is 2.07 bits per heavy atom. The van der Waals surface area contributed by atoms with E-state index in [0.29, 0.717) is 25.4 Å². The first-order valence-electron chi connectivity index (χ1n) is 9.19. The Kier molecular flexibility index (Phi) is 4.52. The lowest BCUT2D eigenvalue weighted by Crippen LogP contribution is -2.53. The molecule has 0 atom stereocenters. The van der Waals surface area contributed by atoms with E-state index in [1.807, 2.05) is 24.3 Å². The normalized spacial score (nSPS) is 17.9. The van der Waals surface area contributed by atoms with E-state index in [4.69, 9.17) is 4.74 Å². The number of rotatable bonds is 7. The van der Waals surface area contributed by atoms with Gasteiger partial charge in [-0.15, -0.1) is 0 Å². The molecule has 27 heavy (non-hydrogen) atoms. The minimum absolute atomic E-state index is 0.00195. The number of benzene rings is 2. The molecule has 0 spiro atoms. The van der Waals surface area contributed by atoms with Gasteiger partial charge in [0, 0.05) is 12.2 Å². The first-order chi connectivity index (χ1) is 12.9. The van der Waals surface area contributed by atoms with E-state index in [2.05, 4.69) is 17.6 Å². The average Bonchev–Trinajstić information content (AvgIpc) is 3.44. The molecule has 0 amide bonds. The average molecular weight is 370 g/mol. The fraction of sp³-hybridized carbons (Fsp3) is 0.381. The largest absolute Gasteiger partial charge is 0.478 e. The van der Waals surface area contributed by atoms with Crippen molar-refractivity contribution in [3.8, 4) is 0 Å². The molecule has 1 saturated heterocycles. The summed E-state index contributed by atoms with van der Waals surface area (Å²) in [6, 6.07) is 10.7. The third-order valence-corrected chi connectivity index (χ3v) is 5.07. The molecule has 2 fully saturated rings. The Hall–Kier alpha value is -2.60. The van der Waals surface area contributed by atoms with E-state index < -0.39 is 11.8 Å². The van der Waals surface area contributed by atoms with Gasteiger partial charge in [-0.25, -0.2) is 9.18 Å². The zero-order valence-corrected chi connectivity index (χ0v) is 15.2. The van der Waals surface area contributed by atoms with Crippen LogP contribution in [-0.4, -0.2) is 29.8 Å². The zero-order valence-electron chi connectivity index (χ0n) is 15.2. The summed E-state index contributed by atoms with van der Waals surface area (Å²) in [6.45, 7) is 3.94. The molecule has 4 rings (SSSR count). The van der Waals surface area contributed by atoms with Crippen LogP contribution in [0.4, 0.5) is 15.8 Å². The van der Waals surface area contributed by atoms with Crippen molar-refractivity contribution in [2.75, 3.05) is 23.8 Å². The second-order valence-corrected chi connectivity index (χ2v) is 7.73. The van der Waals surface area contributed by atoms with E-state index in [1.54, 1.807) is 6.07 Å². The molecule has 1 heterocycles. The molecule has 6 heteroatoms. The molecular weight excluding hydrogens is 347 g/mol. The minimum atomic E-state index is -1.10. The van der Waals surface area contributed by atoms with Gasteiger partial charge in [-0.3, -0.25) is 0 Å². The van der Waals surface area contributed by atoms with Crippen molar-refractivity contribution in [1.82, 2.24) is 0 Å². The fourth-order valence-electron chi connectivity index (χ4n) is 3.43. The number of carboxylic acid groups (broad SMARTS) is 1. The minimum Gasteiger partial charge on any atom is -0.478 e. The van der Waals surface area contributed by atoms with E-state index in [-0.39, 0.29) is 17.0 Å². The van der Waals surface area contributed by atoms with Crippen LogP contribution in [0.25, 0.3) is 0 Å². The Morgan fingerprint density at radius 3 is 2.70 bits per heavy atom. The van der Waals surface area contributed by atoms with Gasteiger partial charge in [0.25, 0.3) is 0 Å². The van der Waals surface area contributed by atoms with Gasteiger partial charge >= 0.3 is 5.97 Å². The predicted octanol–water partition coefficient (Wildman–Crippen LogP) is 4.21. The Bertz CT molecular complexity index is 876. The first kappa shape index (κ1) is 17.8. The van der Waals surface area contributed by atoms with Crippen LogP contribution in [0.3, 0.4) is 0 Å². The van der Waals surface area contributed by atoms with Crippen LogP contribution in [-0.2, 0) is 11.3 Å². The summed E-state index contributed by atoms with van der Waals surface area (Å²) in [4.78, 5) is 11.2. The van der Waals surface area contributed by atoms with E-state index in [1.165, 1.54) is 0 Å². The second kappa shape index (κ2) is 6.85. The van der Waals surface area contributed by atoms with Crippen LogP contribution in [0, 0.1) is 5.82 Å². The highest BCUT2D eigenvalue weighted by Gasteiger charge is 2.33. The van der Waals surface area contributed by atoms with Crippen LogP contribution in [0.5, 0.6) is 0 Å².